The third kappa shape index (κ3) is 6.42. The molecule has 0 aliphatic carbocycles. The average Bonchev–Trinajstić information content (AvgIpc) is 2.83. The molecule has 0 aliphatic rings. The number of anilines is 1. The van der Waals surface area contributed by atoms with Crippen LogP contribution in [0.5, 0.6) is 5.75 Å². The fourth-order valence-corrected chi connectivity index (χ4v) is 4.46. The van der Waals surface area contributed by atoms with Crippen molar-refractivity contribution in [1.82, 2.24) is 0 Å². The highest BCUT2D eigenvalue weighted by Crippen LogP contribution is 2.39. The average molecular weight is 523 g/mol. The zero-order valence-electron chi connectivity index (χ0n) is 19.3. The predicted molar refractivity (Wildman–Crippen MR) is 129 cm³/mol. The number of amides is 1. The lowest BCUT2D eigenvalue weighted by Gasteiger charge is -2.17. The van der Waals surface area contributed by atoms with Gasteiger partial charge in [-0.05, 0) is 72.4 Å². The van der Waals surface area contributed by atoms with E-state index < -0.39 is 27.7 Å². The molecule has 0 heterocycles. The molecule has 7 nitrogen and oxygen atoms in total. The maximum atomic E-state index is 13.6. The van der Waals surface area contributed by atoms with Crippen molar-refractivity contribution >= 4 is 21.6 Å². The number of nitrogens with two attached hydrogens (primary N) is 1. The summed E-state index contributed by atoms with van der Waals surface area (Å²) in [7, 11) is -2.83. The lowest BCUT2D eigenvalue weighted by Crippen LogP contribution is -2.16. The monoisotopic (exact) mass is 522 g/mol. The number of halogens is 3. The minimum Gasteiger partial charge on any atom is -0.495 e. The summed E-state index contributed by atoms with van der Waals surface area (Å²) in [6.07, 6.45) is -3.18. The first-order chi connectivity index (χ1) is 17.0. The van der Waals surface area contributed by atoms with Crippen molar-refractivity contribution in [2.75, 3.05) is 19.0 Å². The van der Waals surface area contributed by atoms with E-state index in [1.165, 1.54) is 49.6 Å². The van der Waals surface area contributed by atoms with E-state index in [0.29, 0.717) is 36.1 Å². The Hall–Kier alpha value is -3.41. The fourth-order valence-electron chi connectivity index (χ4n) is 3.78. The van der Waals surface area contributed by atoms with Crippen molar-refractivity contribution in [1.29, 1.82) is 0 Å². The number of aliphatic hydroxyl groups is 1. The van der Waals surface area contributed by atoms with Crippen LogP contribution in [0.25, 0.3) is 11.1 Å². The normalized spacial score (nSPS) is 11.8. The van der Waals surface area contributed by atoms with Crippen LogP contribution in [0.2, 0.25) is 0 Å². The Kier molecular flexibility index (Phi) is 8.39. The summed E-state index contributed by atoms with van der Waals surface area (Å²) in [4.78, 5) is 12.5. The van der Waals surface area contributed by atoms with E-state index in [1.54, 1.807) is 6.07 Å². The fraction of sp³-hybridized carbons (Fsp3) is 0.240. The summed E-state index contributed by atoms with van der Waals surface area (Å²) in [5.74, 6) is -0.687. The topological polar surface area (TPSA) is 119 Å². The van der Waals surface area contributed by atoms with E-state index in [4.69, 9.17) is 15.0 Å². The molecule has 0 saturated carbocycles. The summed E-state index contributed by atoms with van der Waals surface area (Å²) in [5, 5.41) is 17.0. The lowest BCUT2D eigenvalue weighted by molar-refractivity contribution is -0.137. The number of primary sulfonamides is 1. The van der Waals surface area contributed by atoms with E-state index in [9.17, 15) is 26.4 Å². The van der Waals surface area contributed by atoms with E-state index in [2.05, 4.69) is 5.32 Å². The molecule has 3 aromatic carbocycles. The number of aryl methyl sites for hydroxylation is 1. The number of benzene rings is 3. The van der Waals surface area contributed by atoms with Crippen molar-refractivity contribution in [3.8, 4) is 16.9 Å². The van der Waals surface area contributed by atoms with Gasteiger partial charge in [-0.25, -0.2) is 13.6 Å². The van der Waals surface area contributed by atoms with Crippen LogP contribution in [0.4, 0.5) is 18.9 Å². The summed E-state index contributed by atoms with van der Waals surface area (Å²) < 4.78 is 69.3. The molecule has 0 radical (unpaired) electrons. The standard InChI is InChI=1S/C25H25F3N2O5S/c1-35-22-15-17(9-12-23(22)36(29,33)34)24(32)30-18-10-11-19(16(14-18)6-4-5-13-31)20-7-2-3-8-21(20)25(26,27)28/h2-3,7-12,14-15,31H,4-6,13H2,1H3,(H,30,32)(H2,29,33,34). The highest BCUT2D eigenvalue weighted by atomic mass is 32.2. The molecule has 0 bridgehead atoms. The van der Waals surface area contributed by atoms with Crippen LogP contribution in [0, 0.1) is 0 Å². The van der Waals surface area contributed by atoms with Gasteiger partial charge in [-0.1, -0.05) is 24.3 Å². The van der Waals surface area contributed by atoms with Gasteiger partial charge in [-0.2, -0.15) is 13.2 Å². The Morgan fingerprint density at radius 3 is 2.39 bits per heavy atom. The summed E-state index contributed by atoms with van der Waals surface area (Å²) in [5.41, 5.74) is 0.616. The van der Waals surface area contributed by atoms with E-state index in [0.717, 1.165) is 12.1 Å². The van der Waals surface area contributed by atoms with Crippen LogP contribution in [0.15, 0.2) is 65.6 Å². The number of nitrogens with one attached hydrogen (secondary N) is 1. The number of methoxy groups -OCH3 is 1. The molecular weight excluding hydrogens is 497 g/mol. The molecule has 1 amide bonds. The molecule has 3 aromatic rings. The molecule has 3 rings (SSSR count). The number of carbonyl (C=O) groups excluding carboxylic acids is 1. The zero-order valence-corrected chi connectivity index (χ0v) is 20.1. The molecule has 192 valence electrons. The predicted octanol–water partition coefficient (Wildman–Crippen LogP) is 4.60. The Morgan fingerprint density at radius 1 is 1.03 bits per heavy atom. The lowest BCUT2D eigenvalue weighted by atomic mass is 9.92. The highest BCUT2D eigenvalue weighted by molar-refractivity contribution is 7.89. The van der Waals surface area contributed by atoms with Gasteiger partial charge >= 0.3 is 6.18 Å². The van der Waals surface area contributed by atoms with E-state index in [-0.39, 0.29) is 28.4 Å². The van der Waals surface area contributed by atoms with Crippen molar-refractivity contribution in [2.45, 2.75) is 30.3 Å². The number of alkyl halides is 3. The first kappa shape index (κ1) is 27.2. The van der Waals surface area contributed by atoms with Crippen LogP contribution in [0.3, 0.4) is 0 Å². The van der Waals surface area contributed by atoms with Gasteiger partial charge < -0.3 is 15.2 Å². The molecular formula is C25H25F3N2O5S. The second-order valence-electron chi connectivity index (χ2n) is 7.96. The number of ether oxygens (including phenoxy) is 1. The second-order valence-corrected chi connectivity index (χ2v) is 9.49. The van der Waals surface area contributed by atoms with Crippen molar-refractivity contribution < 1.29 is 36.2 Å². The molecule has 4 N–H and O–H groups in total. The third-order valence-electron chi connectivity index (χ3n) is 5.47. The zero-order chi connectivity index (χ0) is 26.5. The van der Waals surface area contributed by atoms with Crippen LogP contribution in [-0.2, 0) is 22.6 Å². The first-order valence-corrected chi connectivity index (χ1v) is 12.4. The largest absolute Gasteiger partial charge is 0.495 e. The molecule has 0 saturated heterocycles. The highest BCUT2D eigenvalue weighted by Gasteiger charge is 2.33. The molecule has 36 heavy (non-hydrogen) atoms. The number of hydrogen-bond donors (Lipinski definition) is 3. The van der Waals surface area contributed by atoms with Gasteiger partial charge in [0.25, 0.3) is 5.91 Å². The smallest absolute Gasteiger partial charge is 0.417 e. The molecule has 0 aliphatic heterocycles. The number of aliphatic hydroxyl groups excluding tert-OH is 1. The maximum Gasteiger partial charge on any atom is 0.417 e. The van der Waals surface area contributed by atoms with Crippen LogP contribution >= 0.6 is 0 Å². The van der Waals surface area contributed by atoms with Gasteiger partial charge in [0.2, 0.25) is 10.0 Å². The number of hydrogen-bond acceptors (Lipinski definition) is 5. The minimum absolute atomic E-state index is 0.0187. The first-order valence-electron chi connectivity index (χ1n) is 10.9. The second kappa shape index (κ2) is 11.1. The number of rotatable bonds is 9. The van der Waals surface area contributed by atoms with Crippen molar-refractivity contribution in [3.63, 3.8) is 0 Å². The van der Waals surface area contributed by atoms with Gasteiger partial charge in [0, 0.05) is 17.9 Å². The van der Waals surface area contributed by atoms with E-state index >= 15 is 0 Å². The molecule has 0 aromatic heterocycles. The number of sulfonamides is 1. The van der Waals surface area contributed by atoms with E-state index in [1.807, 2.05) is 0 Å². The van der Waals surface area contributed by atoms with Gasteiger partial charge in [0.15, 0.2) is 0 Å². The summed E-state index contributed by atoms with van der Waals surface area (Å²) >= 11 is 0. The van der Waals surface area contributed by atoms with Crippen molar-refractivity contribution in [2.24, 2.45) is 5.14 Å². The van der Waals surface area contributed by atoms with Crippen LogP contribution in [-0.4, -0.2) is 33.1 Å². The van der Waals surface area contributed by atoms with Crippen molar-refractivity contribution in [3.05, 3.63) is 77.4 Å². The SMILES string of the molecule is COc1cc(C(=O)Nc2ccc(-c3ccccc3C(F)(F)F)c(CCCCO)c2)ccc1S(N)(=O)=O. The maximum absolute atomic E-state index is 13.6. The van der Waals surface area contributed by atoms with Crippen LogP contribution in [0.1, 0.15) is 34.3 Å². The Morgan fingerprint density at radius 2 is 1.75 bits per heavy atom. The summed E-state index contributed by atoms with van der Waals surface area (Å²) in [6, 6.07) is 13.5. The quantitative estimate of drug-likeness (QED) is 0.355. The Labute approximate surface area is 206 Å². The Balaban J connectivity index is 1.97. The molecule has 0 fully saturated rings. The van der Waals surface area contributed by atoms with Gasteiger partial charge in [-0.3, -0.25) is 4.79 Å². The van der Waals surface area contributed by atoms with Gasteiger partial charge in [0.1, 0.15) is 10.6 Å². The van der Waals surface area contributed by atoms with Crippen LogP contribution < -0.4 is 15.2 Å². The minimum atomic E-state index is -4.55. The molecule has 0 unspecified atom stereocenters. The third-order valence-corrected chi connectivity index (χ3v) is 6.42. The molecule has 11 heteroatoms. The van der Waals surface area contributed by atoms with Gasteiger partial charge in [0.05, 0.1) is 12.7 Å². The number of unbranched alkanes of at least 4 members (excludes halogenated alkanes) is 1. The molecule has 0 atom stereocenters. The Bertz CT molecular complexity index is 1360. The molecule has 0 spiro atoms. The van der Waals surface area contributed by atoms with Gasteiger partial charge in [-0.15, -0.1) is 0 Å². The summed E-state index contributed by atoms with van der Waals surface area (Å²) in [6.45, 7) is -0.0543. The number of carbonyl (C=O) groups is 1.